The summed E-state index contributed by atoms with van der Waals surface area (Å²) in [6, 6.07) is 0. The Morgan fingerprint density at radius 3 is 1.83 bits per heavy atom. The second kappa shape index (κ2) is 9.15. The molecule has 1 unspecified atom stereocenters. The van der Waals surface area contributed by atoms with E-state index in [9.17, 15) is 30.6 Å². The maximum atomic E-state index is 10.00. The summed E-state index contributed by atoms with van der Waals surface area (Å²) >= 11 is 0. The molecule has 2 aliphatic rings. The Kier molecular flexibility index (Phi) is 8.71. The van der Waals surface area contributed by atoms with E-state index in [4.69, 9.17) is 24.4 Å². The van der Waals surface area contributed by atoms with Crippen LogP contribution in [0.5, 0.6) is 0 Å². The summed E-state index contributed by atoms with van der Waals surface area (Å²) in [7, 11) is 0. The molecular weight excluding hydrogens is 360 g/mol. The molecular formula is C12H22CaO11. The molecule has 138 valence electrons. The third-order valence-electron chi connectivity index (χ3n) is 4.07. The van der Waals surface area contributed by atoms with E-state index >= 15 is 0 Å². The molecule has 2 fully saturated rings. The van der Waals surface area contributed by atoms with Gasteiger partial charge in [-0.25, -0.2) is 0 Å². The van der Waals surface area contributed by atoms with Gasteiger partial charge in [0.2, 0.25) is 5.79 Å². The predicted octanol–water partition coefficient (Wildman–Crippen LogP) is -5.78. The molecule has 0 spiro atoms. The molecule has 0 aliphatic carbocycles. The Morgan fingerprint density at radius 2 is 1.38 bits per heavy atom. The fourth-order valence-electron chi connectivity index (χ4n) is 2.63. The first kappa shape index (κ1) is 22.9. The molecule has 2 aliphatic heterocycles. The summed E-state index contributed by atoms with van der Waals surface area (Å²) in [4.78, 5) is 0. The van der Waals surface area contributed by atoms with Crippen LogP contribution in [0.3, 0.4) is 0 Å². The molecule has 8 N–H and O–H groups in total. The molecule has 2 saturated heterocycles. The van der Waals surface area contributed by atoms with Gasteiger partial charge in [0.25, 0.3) is 0 Å². The molecule has 2 rings (SSSR count). The van der Waals surface area contributed by atoms with Gasteiger partial charge in [-0.15, -0.1) is 0 Å². The van der Waals surface area contributed by atoms with E-state index in [-0.39, 0.29) is 37.7 Å². The summed E-state index contributed by atoms with van der Waals surface area (Å²) < 4.78 is 15.4. The van der Waals surface area contributed by atoms with Crippen molar-refractivity contribution in [2.45, 2.75) is 54.8 Å². The average molecular weight is 382 g/mol. The van der Waals surface area contributed by atoms with E-state index < -0.39 is 74.6 Å². The van der Waals surface area contributed by atoms with Gasteiger partial charge in [0, 0.05) is 37.7 Å². The minimum Gasteiger partial charge on any atom is -0.394 e. The molecule has 0 bridgehead atoms. The Morgan fingerprint density at radius 1 is 0.792 bits per heavy atom. The van der Waals surface area contributed by atoms with E-state index in [0.29, 0.717) is 0 Å². The monoisotopic (exact) mass is 382 g/mol. The van der Waals surface area contributed by atoms with Crippen LogP contribution >= 0.6 is 0 Å². The number of ether oxygens (including phenoxy) is 3. The molecule has 9 atom stereocenters. The zero-order valence-electron chi connectivity index (χ0n) is 12.7. The van der Waals surface area contributed by atoms with Crippen LogP contribution in [0.2, 0.25) is 0 Å². The van der Waals surface area contributed by atoms with Gasteiger partial charge in [0.1, 0.15) is 49.3 Å². The second-order valence-corrected chi connectivity index (χ2v) is 5.56. The zero-order chi connectivity index (χ0) is 17.4. The number of rotatable bonds is 5. The second-order valence-electron chi connectivity index (χ2n) is 5.56. The van der Waals surface area contributed by atoms with Crippen molar-refractivity contribution in [3.05, 3.63) is 0 Å². The van der Waals surface area contributed by atoms with Crippen molar-refractivity contribution in [3.8, 4) is 0 Å². The largest absolute Gasteiger partial charge is 0.394 e. The van der Waals surface area contributed by atoms with E-state index in [1.54, 1.807) is 0 Å². The molecule has 11 nitrogen and oxygen atoms in total. The molecule has 12 heteroatoms. The molecule has 2 radical (unpaired) electrons. The summed E-state index contributed by atoms with van der Waals surface area (Å²) in [5.74, 6) is -2.22. The van der Waals surface area contributed by atoms with Crippen LogP contribution in [0.4, 0.5) is 0 Å². The van der Waals surface area contributed by atoms with E-state index in [2.05, 4.69) is 0 Å². The van der Waals surface area contributed by atoms with Gasteiger partial charge in [-0.2, -0.15) is 0 Å². The zero-order valence-corrected chi connectivity index (χ0v) is 15.0. The minimum atomic E-state index is -2.22. The third-order valence-corrected chi connectivity index (χ3v) is 4.07. The topological polar surface area (TPSA) is 190 Å². The SMILES string of the molecule is OC[C@H]1OC(CO)(O[C@H]2O[C@H](CO)[C@@H](O)[C@H](O)[C@H]2O)[C@@H](O)[C@@H]1O.[Ca]. The molecule has 0 aromatic rings. The van der Waals surface area contributed by atoms with Crippen molar-refractivity contribution in [3.63, 3.8) is 0 Å². The van der Waals surface area contributed by atoms with Gasteiger partial charge >= 0.3 is 0 Å². The number of aliphatic hydroxyl groups excluding tert-OH is 8. The summed E-state index contributed by atoms with van der Waals surface area (Å²) in [5.41, 5.74) is 0. The maximum Gasteiger partial charge on any atom is 0.224 e. The predicted molar refractivity (Wildman–Crippen MR) is 74.4 cm³/mol. The van der Waals surface area contributed by atoms with Crippen LogP contribution in [0, 0.1) is 0 Å². The van der Waals surface area contributed by atoms with E-state index in [1.165, 1.54) is 0 Å². The number of hydrogen-bond acceptors (Lipinski definition) is 11. The van der Waals surface area contributed by atoms with Gasteiger partial charge in [0.05, 0.1) is 13.2 Å². The van der Waals surface area contributed by atoms with Crippen molar-refractivity contribution in [2.75, 3.05) is 19.8 Å². The van der Waals surface area contributed by atoms with E-state index in [0.717, 1.165) is 0 Å². The van der Waals surface area contributed by atoms with Gasteiger partial charge in [0.15, 0.2) is 6.29 Å². The van der Waals surface area contributed by atoms with Crippen molar-refractivity contribution in [1.82, 2.24) is 0 Å². The first-order valence-electron chi connectivity index (χ1n) is 7.05. The molecule has 2 heterocycles. The molecule has 0 saturated carbocycles. The molecule has 0 amide bonds. The van der Waals surface area contributed by atoms with Crippen LogP contribution < -0.4 is 0 Å². The fourth-order valence-corrected chi connectivity index (χ4v) is 2.63. The van der Waals surface area contributed by atoms with Crippen molar-refractivity contribution in [1.29, 1.82) is 0 Å². The third kappa shape index (κ3) is 4.05. The summed E-state index contributed by atoms with van der Waals surface area (Å²) in [6.45, 7) is -2.32. The minimum absolute atomic E-state index is 0. The van der Waals surface area contributed by atoms with Crippen LogP contribution in [-0.2, 0) is 14.2 Å². The Bertz CT molecular complexity index is 399. The van der Waals surface area contributed by atoms with Gasteiger partial charge in [-0.3, -0.25) is 0 Å². The quantitative estimate of drug-likeness (QED) is 0.211. The smallest absolute Gasteiger partial charge is 0.224 e. The van der Waals surface area contributed by atoms with Crippen LogP contribution in [0.1, 0.15) is 0 Å². The van der Waals surface area contributed by atoms with Crippen LogP contribution in [-0.4, -0.2) is 153 Å². The normalized spacial score (nSPS) is 49.0. The van der Waals surface area contributed by atoms with Crippen molar-refractivity contribution in [2.24, 2.45) is 0 Å². The molecule has 24 heavy (non-hydrogen) atoms. The fraction of sp³-hybridized carbons (Fsp3) is 1.00. The van der Waals surface area contributed by atoms with Crippen LogP contribution in [0.15, 0.2) is 0 Å². The van der Waals surface area contributed by atoms with Gasteiger partial charge in [-0.1, -0.05) is 0 Å². The van der Waals surface area contributed by atoms with Crippen LogP contribution in [0.25, 0.3) is 0 Å². The Labute approximate surface area is 167 Å². The van der Waals surface area contributed by atoms with Gasteiger partial charge < -0.3 is 55.1 Å². The van der Waals surface area contributed by atoms with Crippen molar-refractivity contribution < 1.29 is 55.1 Å². The summed E-state index contributed by atoms with van der Waals surface area (Å²) in [5, 5.41) is 76.7. The Hall–Kier alpha value is 0.820. The number of aliphatic hydroxyl groups is 8. The Balaban J connectivity index is 0.00000288. The van der Waals surface area contributed by atoms with Gasteiger partial charge in [-0.05, 0) is 0 Å². The number of hydrogen-bond donors (Lipinski definition) is 8. The molecule has 0 aromatic carbocycles. The first-order chi connectivity index (χ1) is 10.8. The average Bonchev–Trinajstić information content (AvgIpc) is 2.80. The van der Waals surface area contributed by atoms with E-state index in [1.807, 2.05) is 0 Å². The standard InChI is InChI=1S/C12H22O11.Ca/c13-1-4-6(16)8(18)9(19)11(21-4)23-12(3-15)10(20)7(17)5(2-14)22-12;/h4-11,13-20H,1-3H2;/t4-,5-,6-,7-,8+,9-,10+,11-,12?;/m1./s1. The first-order valence-corrected chi connectivity index (χ1v) is 7.05. The molecule has 0 aromatic heterocycles. The summed E-state index contributed by atoms with van der Waals surface area (Å²) in [6.07, 6.45) is -12.7. The van der Waals surface area contributed by atoms with Crippen molar-refractivity contribution >= 4 is 37.7 Å². The maximum absolute atomic E-state index is 10.00.